The van der Waals surface area contributed by atoms with Crippen LogP contribution in [0.25, 0.3) is 11.0 Å². The predicted molar refractivity (Wildman–Crippen MR) is 118 cm³/mol. The van der Waals surface area contributed by atoms with Gasteiger partial charge in [-0.1, -0.05) is 12.1 Å². The van der Waals surface area contributed by atoms with Crippen LogP contribution < -0.4 is 14.8 Å². The lowest BCUT2D eigenvalue weighted by Crippen LogP contribution is -2.24. The van der Waals surface area contributed by atoms with E-state index in [1.165, 1.54) is 31.3 Å². The Labute approximate surface area is 183 Å². The molecule has 11 heteroatoms. The van der Waals surface area contributed by atoms with E-state index in [1.54, 1.807) is 18.3 Å². The molecule has 0 spiro atoms. The molecule has 164 valence electrons. The van der Waals surface area contributed by atoms with Crippen molar-refractivity contribution in [1.82, 2.24) is 15.0 Å². The summed E-state index contributed by atoms with van der Waals surface area (Å²) < 4.78 is 30.9. The van der Waals surface area contributed by atoms with Crippen molar-refractivity contribution in [3.63, 3.8) is 0 Å². The van der Waals surface area contributed by atoms with E-state index in [0.29, 0.717) is 17.5 Å². The monoisotopic (exact) mass is 453 g/mol. The first-order valence-corrected chi connectivity index (χ1v) is 10.8. The maximum Gasteiger partial charge on any atom is 0.413 e. The van der Waals surface area contributed by atoms with E-state index in [-0.39, 0.29) is 22.3 Å². The van der Waals surface area contributed by atoms with E-state index in [2.05, 4.69) is 15.0 Å². The van der Waals surface area contributed by atoms with Gasteiger partial charge in [0.05, 0.1) is 16.7 Å². The molecule has 32 heavy (non-hydrogen) atoms. The molecule has 4 aromatic rings. The molecule has 4 N–H and O–H groups in total. The highest BCUT2D eigenvalue weighted by molar-refractivity contribution is 7.87. The molecule has 0 radical (unpaired) electrons. The number of carboxylic acid groups (broad SMARTS) is 1. The van der Waals surface area contributed by atoms with Crippen molar-refractivity contribution in [3.05, 3.63) is 72.1 Å². The summed E-state index contributed by atoms with van der Waals surface area (Å²) in [5.41, 5.74) is 8.59. The molecule has 10 nitrogen and oxygen atoms in total. The third kappa shape index (κ3) is 4.32. The Balaban J connectivity index is 1.57. The molecule has 0 aliphatic rings. The van der Waals surface area contributed by atoms with Gasteiger partial charge in [0.2, 0.25) is 5.95 Å². The van der Waals surface area contributed by atoms with Gasteiger partial charge in [0.1, 0.15) is 10.6 Å². The number of nitrogen functional groups attached to an aromatic ring is 1. The highest BCUT2D eigenvalue weighted by Gasteiger charge is 2.21. The summed E-state index contributed by atoms with van der Waals surface area (Å²) in [5.74, 6) is 0.128. The molecular weight excluding hydrogens is 434 g/mol. The third-order valence-electron chi connectivity index (χ3n) is 4.71. The highest BCUT2D eigenvalue weighted by Crippen LogP contribution is 2.27. The molecule has 1 amide bonds. The van der Waals surface area contributed by atoms with Crippen LogP contribution in [0.3, 0.4) is 0 Å². The summed E-state index contributed by atoms with van der Waals surface area (Å²) >= 11 is 0. The Bertz CT molecular complexity index is 1400. The average Bonchev–Trinajstić information content (AvgIpc) is 3.16. The summed E-state index contributed by atoms with van der Waals surface area (Å²) in [6, 6.07) is 14.6. The minimum Gasteiger partial charge on any atom is -0.465 e. The number of amides is 1. The van der Waals surface area contributed by atoms with E-state index in [0.717, 1.165) is 16.2 Å². The lowest BCUT2D eigenvalue weighted by molar-refractivity contribution is 0.203. The smallest absolute Gasteiger partial charge is 0.413 e. The normalized spacial score (nSPS) is 11.4. The number of pyridine rings is 1. The third-order valence-corrected chi connectivity index (χ3v) is 6.03. The fraction of sp³-hybridized carbons (Fsp3) is 0.0952. The van der Waals surface area contributed by atoms with Crippen LogP contribution in [-0.2, 0) is 16.5 Å². The van der Waals surface area contributed by atoms with Gasteiger partial charge in [-0.05, 0) is 42.0 Å². The number of hydrogen-bond acceptors (Lipinski definition) is 7. The SMILES string of the molecule is CN(C(=O)O)c1nc2ccc(OS(=O)(=O)c3ccc(Cc4ccccn4)cc3N)cc2[nH]1. The predicted octanol–water partition coefficient (Wildman–Crippen LogP) is 3.01. The Hall–Kier alpha value is -4.12. The second kappa shape index (κ2) is 8.19. The number of rotatable bonds is 6. The van der Waals surface area contributed by atoms with E-state index < -0.39 is 16.2 Å². The van der Waals surface area contributed by atoms with E-state index >= 15 is 0 Å². The number of fused-ring (bicyclic) bond motifs is 1. The zero-order valence-corrected chi connectivity index (χ0v) is 17.7. The zero-order valence-electron chi connectivity index (χ0n) is 16.9. The lowest BCUT2D eigenvalue weighted by Gasteiger charge is -2.10. The molecule has 0 aliphatic heterocycles. The molecule has 0 unspecified atom stereocenters. The van der Waals surface area contributed by atoms with Gasteiger partial charge in [-0.2, -0.15) is 8.42 Å². The summed E-state index contributed by atoms with van der Waals surface area (Å²) in [6.45, 7) is 0. The topological polar surface area (TPSA) is 152 Å². The second-order valence-corrected chi connectivity index (χ2v) is 8.50. The molecule has 2 heterocycles. The summed E-state index contributed by atoms with van der Waals surface area (Å²) in [6.07, 6.45) is 1.01. The van der Waals surface area contributed by atoms with Crippen LogP contribution in [0.1, 0.15) is 11.3 Å². The number of imidazole rings is 1. The van der Waals surface area contributed by atoms with Crippen LogP contribution in [0.15, 0.2) is 65.7 Å². The van der Waals surface area contributed by atoms with Crippen molar-refractivity contribution in [2.45, 2.75) is 11.3 Å². The minimum absolute atomic E-state index is 0.0302. The number of hydrogen-bond donors (Lipinski definition) is 3. The molecule has 0 saturated heterocycles. The van der Waals surface area contributed by atoms with Crippen molar-refractivity contribution in [2.75, 3.05) is 17.7 Å². The number of aromatic amines is 1. The Morgan fingerprint density at radius 2 is 2.00 bits per heavy atom. The standard InChI is InChI=1S/C21H19N5O5S/c1-26(21(27)28)20-24-17-7-6-15(12-18(17)25-20)31-32(29,30)19-8-5-13(11-16(19)22)10-14-4-2-3-9-23-14/h2-9,11-12H,10,22H2,1H3,(H,24,25)(H,27,28). The fourth-order valence-corrected chi connectivity index (χ4v) is 4.12. The van der Waals surface area contributed by atoms with Crippen molar-refractivity contribution in [2.24, 2.45) is 0 Å². The first-order valence-electron chi connectivity index (χ1n) is 9.42. The lowest BCUT2D eigenvalue weighted by atomic mass is 10.1. The molecule has 0 fully saturated rings. The minimum atomic E-state index is -4.20. The van der Waals surface area contributed by atoms with E-state index in [1.807, 2.05) is 18.2 Å². The van der Waals surface area contributed by atoms with Crippen molar-refractivity contribution < 1.29 is 22.5 Å². The van der Waals surface area contributed by atoms with E-state index in [9.17, 15) is 13.2 Å². The van der Waals surface area contributed by atoms with E-state index in [4.69, 9.17) is 15.0 Å². The summed E-state index contributed by atoms with van der Waals surface area (Å²) in [7, 11) is -2.87. The number of aromatic nitrogens is 3. The van der Waals surface area contributed by atoms with Gasteiger partial charge in [-0.3, -0.25) is 9.88 Å². The number of benzene rings is 2. The molecule has 0 atom stereocenters. The number of nitrogens with zero attached hydrogens (tertiary/aromatic N) is 3. The van der Waals surface area contributed by atoms with Gasteiger partial charge in [0, 0.05) is 31.4 Å². The van der Waals surface area contributed by atoms with Crippen LogP contribution in [0, 0.1) is 0 Å². The van der Waals surface area contributed by atoms with Gasteiger partial charge < -0.3 is 20.0 Å². The summed E-state index contributed by atoms with van der Waals surface area (Å²) in [5, 5.41) is 9.07. The van der Waals surface area contributed by atoms with Gasteiger partial charge in [0.15, 0.2) is 0 Å². The molecule has 2 aromatic carbocycles. The number of H-pyrrole nitrogens is 1. The zero-order chi connectivity index (χ0) is 22.9. The molecule has 4 rings (SSSR count). The Kier molecular flexibility index (Phi) is 5.41. The van der Waals surface area contributed by atoms with Gasteiger partial charge in [0.25, 0.3) is 0 Å². The number of nitrogens with two attached hydrogens (primary N) is 1. The molecule has 0 aliphatic carbocycles. The van der Waals surface area contributed by atoms with Crippen LogP contribution in [-0.4, -0.2) is 41.6 Å². The maximum atomic E-state index is 12.8. The Morgan fingerprint density at radius 3 is 2.69 bits per heavy atom. The largest absolute Gasteiger partial charge is 0.465 e. The van der Waals surface area contributed by atoms with Crippen molar-refractivity contribution in [3.8, 4) is 5.75 Å². The number of anilines is 2. The molecule has 0 bridgehead atoms. The Morgan fingerprint density at radius 1 is 1.19 bits per heavy atom. The maximum absolute atomic E-state index is 12.8. The van der Waals surface area contributed by atoms with Gasteiger partial charge in [-0.15, -0.1) is 0 Å². The van der Waals surface area contributed by atoms with Gasteiger partial charge in [-0.25, -0.2) is 9.78 Å². The summed E-state index contributed by atoms with van der Waals surface area (Å²) in [4.78, 5) is 23.1. The fourth-order valence-electron chi connectivity index (χ4n) is 3.10. The van der Waals surface area contributed by atoms with Crippen molar-refractivity contribution >= 4 is 38.9 Å². The van der Waals surface area contributed by atoms with Crippen molar-refractivity contribution in [1.29, 1.82) is 0 Å². The van der Waals surface area contributed by atoms with Crippen LogP contribution in [0.5, 0.6) is 5.75 Å². The number of nitrogens with one attached hydrogen (secondary N) is 1. The first kappa shape index (κ1) is 21.1. The van der Waals surface area contributed by atoms with Crippen LogP contribution >= 0.6 is 0 Å². The first-order chi connectivity index (χ1) is 15.2. The van der Waals surface area contributed by atoms with Gasteiger partial charge >= 0.3 is 16.2 Å². The molecular formula is C21H19N5O5S. The molecule has 2 aromatic heterocycles. The van der Waals surface area contributed by atoms with Crippen LogP contribution in [0.2, 0.25) is 0 Å². The average molecular weight is 453 g/mol. The molecule has 0 saturated carbocycles. The number of carbonyl (C=O) groups is 1. The highest BCUT2D eigenvalue weighted by atomic mass is 32.2. The quantitative estimate of drug-likeness (QED) is 0.298. The second-order valence-electron chi connectivity index (χ2n) is 6.99. The van der Waals surface area contributed by atoms with Crippen LogP contribution in [0.4, 0.5) is 16.4 Å².